The molecule has 1 fully saturated rings. The number of carbonyl (C=O) groups excluding carboxylic acids is 2. The van der Waals surface area contributed by atoms with Crippen molar-refractivity contribution in [1.82, 2.24) is 0 Å². The van der Waals surface area contributed by atoms with Crippen molar-refractivity contribution in [2.75, 3.05) is 0 Å². The van der Waals surface area contributed by atoms with Crippen LogP contribution in [0.4, 0.5) is 8.78 Å². The maximum absolute atomic E-state index is 13.7. The van der Waals surface area contributed by atoms with E-state index in [1.165, 1.54) is 47.5 Å². The Morgan fingerprint density at radius 3 is 1.98 bits per heavy atom. The molecule has 7 heteroatoms. The number of carboxylic acid groups (broad SMARTS) is 1. The molecule has 0 bridgehead atoms. The molecule has 206 valence electrons. The van der Waals surface area contributed by atoms with Gasteiger partial charge in [-0.25, -0.2) is 8.78 Å². The Hall–Kier alpha value is -4.70. The number of hydrogen-bond donors (Lipinski definition) is 1. The molecule has 1 saturated carbocycles. The molecule has 0 spiro atoms. The van der Waals surface area contributed by atoms with Crippen LogP contribution >= 0.6 is 0 Å². The first-order chi connectivity index (χ1) is 19.8. The summed E-state index contributed by atoms with van der Waals surface area (Å²) in [5.41, 5.74) is 1.75. The first-order valence-electron chi connectivity index (χ1n) is 13.5. The largest absolute Gasteiger partial charge is 0.481 e. The Morgan fingerprint density at radius 2 is 1.41 bits per heavy atom. The van der Waals surface area contributed by atoms with Crippen molar-refractivity contribution >= 4 is 17.5 Å². The van der Waals surface area contributed by atoms with E-state index in [-0.39, 0.29) is 17.0 Å². The number of benzene rings is 3. The highest BCUT2D eigenvalue weighted by Gasteiger charge is 2.56. The normalized spacial score (nSPS) is 21.4. The Labute approximate surface area is 236 Å². The number of Topliss-reactive ketones (excluding diaryl/α,β-unsaturated/α-hetero) is 2. The topological polar surface area (TPSA) is 95.2 Å². The summed E-state index contributed by atoms with van der Waals surface area (Å²) in [5.74, 6) is -4.36. The Bertz CT molecular complexity index is 1540. The smallest absolute Gasteiger partial charge is 0.310 e. The van der Waals surface area contributed by atoms with Gasteiger partial charge in [-0.3, -0.25) is 14.4 Å². The lowest BCUT2D eigenvalue weighted by Gasteiger charge is -2.37. The van der Waals surface area contributed by atoms with Crippen LogP contribution in [0.1, 0.15) is 57.0 Å². The highest BCUT2D eigenvalue weighted by Crippen LogP contribution is 2.52. The van der Waals surface area contributed by atoms with Gasteiger partial charge in [0.25, 0.3) is 0 Å². The molecule has 0 aromatic heterocycles. The number of fused-ring (bicyclic) bond motifs is 2. The summed E-state index contributed by atoms with van der Waals surface area (Å²) in [6.45, 7) is 0. The first-order valence-corrected chi connectivity index (χ1v) is 13.5. The Balaban J connectivity index is 0.000000255. The van der Waals surface area contributed by atoms with E-state index < -0.39 is 46.4 Å². The van der Waals surface area contributed by atoms with Crippen LogP contribution in [0, 0.1) is 40.2 Å². The average molecular weight is 552 g/mol. The van der Waals surface area contributed by atoms with Gasteiger partial charge in [-0.1, -0.05) is 48.1 Å². The molecular weight excluding hydrogens is 524 g/mol. The van der Waals surface area contributed by atoms with Crippen LogP contribution in [0.3, 0.4) is 0 Å². The SMILES string of the molecule is N#CC1CCc2ccccc21.O=C(O)C1CCC2C1=CC=CC2(C(=O)c1ccc(F)cc1)C(=O)c1ccc(F)cc1. The van der Waals surface area contributed by atoms with E-state index in [1.807, 2.05) is 12.1 Å². The Morgan fingerprint density at radius 1 is 0.829 bits per heavy atom. The number of halogens is 2. The predicted octanol–water partition coefficient (Wildman–Crippen LogP) is 6.86. The van der Waals surface area contributed by atoms with E-state index in [0.29, 0.717) is 18.4 Å². The standard InChI is InChI=1S/C24H18F2O4.C10H9N/c25-16-7-3-14(4-8-16)21(27)24(22(28)15-5-9-17(26)10-6-15)13-1-2-18-19(23(29)30)11-12-20(18)24;11-7-9-6-5-8-3-1-2-4-10(8)9/h1-10,13,19-20H,11-12H2,(H,29,30);1-4,9H,5-6H2. The summed E-state index contributed by atoms with van der Waals surface area (Å²) in [6, 6.07) is 20.4. The third-order valence-corrected chi connectivity index (χ3v) is 8.30. The number of carboxylic acids is 1. The molecule has 0 amide bonds. The lowest BCUT2D eigenvalue weighted by atomic mass is 9.62. The van der Waals surface area contributed by atoms with Gasteiger partial charge in [0, 0.05) is 17.0 Å². The zero-order valence-corrected chi connectivity index (χ0v) is 22.1. The minimum atomic E-state index is -1.68. The van der Waals surface area contributed by atoms with Crippen LogP contribution in [-0.4, -0.2) is 22.6 Å². The maximum Gasteiger partial charge on any atom is 0.310 e. The molecule has 3 aliphatic rings. The molecular formula is C34H27F2NO4. The third-order valence-electron chi connectivity index (χ3n) is 8.30. The summed E-state index contributed by atoms with van der Waals surface area (Å²) < 4.78 is 26.8. The highest BCUT2D eigenvalue weighted by molar-refractivity contribution is 6.22. The maximum atomic E-state index is 13.7. The molecule has 3 aromatic rings. The van der Waals surface area contributed by atoms with E-state index in [9.17, 15) is 28.3 Å². The summed E-state index contributed by atoms with van der Waals surface area (Å²) >= 11 is 0. The predicted molar refractivity (Wildman–Crippen MR) is 148 cm³/mol. The van der Waals surface area contributed by atoms with Crippen LogP contribution in [0.15, 0.2) is 96.6 Å². The molecule has 1 N–H and O–H groups in total. The van der Waals surface area contributed by atoms with Crippen molar-refractivity contribution in [1.29, 1.82) is 5.26 Å². The minimum Gasteiger partial charge on any atom is -0.481 e. The lowest BCUT2D eigenvalue weighted by molar-refractivity contribution is -0.140. The van der Waals surface area contributed by atoms with Gasteiger partial charge in [-0.05, 0) is 85.3 Å². The fourth-order valence-corrected chi connectivity index (χ4v) is 6.27. The number of aryl methyl sites for hydroxylation is 1. The molecule has 6 rings (SSSR count). The van der Waals surface area contributed by atoms with E-state index in [2.05, 4.69) is 18.2 Å². The summed E-state index contributed by atoms with van der Waals surface area (Å²) in [7, 11) is 0. The van der Waals surface area contributed by atoms with Gasteiger partial charge < -0.3 is 5.11 Å². The van der Waals surface area contributed by atoms with Gasteiger partial charge in [0.15, 0.2) is 11.6 Å². The van der Waals surface area contributed by atoms with Crippen LogP contribution in [0.25, 0.3) is 0 Å². The second-order valence-electron chi connectivity index (χ2n) is 10.5. The van der Waals surface area contributed by atoms with E-state index in [1.54, 1.807) is 6.08 Å². The van der Waals surface area contributed by atoms with E-state index in [4.69, 9.17) is 5.26 Å². The lowest BCUT2D eigenvalue weighted by Crippen LogP contribution is -2.45. The highest BCUT2D eigenvalue weighted by atomic mass is 19.1. The molecule has 3 aliphatic carbocycles. The van der Waals surface area contributed by atoms with Gasteiger partial charge in [-0.2, -0.15) is 5.26 Å². The fourth-order valence-electron chi connectivity index (χ4n) is 6.27. The molecule has 3 aromatic carbocycles. The number of rotatable bonds is 5. The molecule has 0 radical (unpaired) electrons. The number of nitrogens with zero attached hydrogens (tertiary/aromatic N) is 1. The summed E-state index contributed by atoms with van der Waals surface area (Å²) in [4.78, 5) is 39.1. The summed E-state index contributed by atoms with van der Waals surface area (Å²) in [5, 5.41) is 18.3. The van der Waals surface area contributed by atoms with Gasteiger partial charge in [0.1, 0.15) is 17.0 Å². The van der Waals surface area contributed by atoms with Crippen molar-refractivity contribution in [2.24, 2.45) is 17.3 Å². The van der Waals surface area contributed by atoms with Gasteiger partial charge in [0.05, 0.1) is 17.9 Å². The number of nitriles is 1. The fraction of sp³-hybridized carbons (Fsp3) is 0.235. The minimum absolute atomic E-state index is 0.150. The molecule has 5 nitrogen and oxygen atoms in total. The summed E-state index contributed by atoms with van der Waals surface area (Å²) in [6.07, 6.45) is 7.43. The number of carbonyl (C=O) groups is 3. The second-order valence-corrected chi connectivity index (χ2v) is 10.5. The van der Waals surface area contributed by atoms with E-state index >= 15 is 0 Å². The number of allylic oxidation sites excluding steroid dienone is 3. The molecule has 3 unspecified atom stereocenters. The zero-order chi connectivity index (χ0) is 29.1. The zero-order valence-electron chi connectivity index (χ0n) is 22.1. The molecule has 0 saturated heterocycles. The van der Waals surface area contributed by atoms with E-state index in [0.717, 1.165) is 37.1 Å². The number of hydrogen-bond acceptors (Lipinski definition) is 4. The van der Waals surface area contributed by atoms with Crippen LogP contribution in [0.2, 0.25) is 0 Å². The van der Waals surface area contributed by atoms with Crippen LogP contribution in [0.5, 0.6) is 0 Å². The number of aliphatic carboxylic acids is 1. The molecule has 0 aliphatic heterocycles. The van der Waals surface area contributed by atoms with Crippen molar-refractivity contribution in [3.8, 4) is 6.07 Å². The van der Waals surface area contributed by atoms with Gasteiger partial charge >= 0.3 is 5.97 Å². The molecule has 41 heavy (non-hydrogen) atoms. The molecule has 0 heterocycles. The monoisotopic (exact) mass is 551 g/mol. The van der Waals surface area contributed by atoms with Crippen LogP contribution < -0.4 is 0 Å². The van der Waals surface area contributed by atoms with Crippen LogP contribution in [-0.2, 0) is 11.2 Å². The Kier molecular flexibility index (Phi) is 7.76. The van der Waals surface area contributed by atoms with Gasteiger partial charge in [-0.15, -0.1) is 0 Å². The quantitative estimate of drug-likeness (QED) is 0.276. The molecule has 3 atom stereocenters. The van der Waals surface area contributed by atoms with Crippen molar-refractivity contribution in [3.05, 3.63) is 130 Å². The number of ketones is 2. The van der Waals surface area contributed by atoms with Crippen molar-refractivity contribution in [2.45, 2.75) is 31.6 Å². The van der Waals surface area contributed by atoms with Crippen molar-refractivity contribution in [3.63, 3.8) is 0 Å². The first kappa shape index (κ1) is 27.9. The van der Waals surface area contributed by atoms with Gasteiger partial charge in [0.2, 0.25) is 0 Å². The van der Waals surface area contributed by atoms with Crippen molar-refractivity contribution < 1.29 is 28.3 Å². The third kappa shape index (κ3) is 5.14. The second kappa shape index (κ2) is 11.4. The average Bonchev–Trinajstić information content (AvgIpc) is 3.62.